The fourth-order valence-corrected chi connectivity index (χ4v) is 4.10. The van der Waals surface area contributed by atoms with Gasteiger partial charge in [0, 0.05) is 12.2 Å². The minimum Gasteiger partial charge on any atom is -0.399 e. The molecule has 1 aromatic carbocycles. The Bertz CT molecular complexity index is 1420. The van der Waals surface area contributed by atoms with Gasteiger partial charge in [-0.3, -0.25) is 9.20 Å². The maximum atomic E-state index is 13.3. The number of hydrogen-bond donors (Lipinski definition) is 2. The third kappa shape index (κ3) is 4.30. The molecule has 4 heterocycles. The topological polar surface area (TPSA) is 124 Å². The largest absolute Gasteiger partial charge is 0.416 e. The van der Waals surface area contributed by atoms with E-state index in [-0.39, 0.29) is 18.0 Å². The van der Waals surface area contributed by atoms with E-state index in [0.29, 0.717) is 53.5 Å². The number of nitrogens with two attached hydrogens (primary N) is 1. The summed E-state index contributed by atoms with van der Waals surface area (Å²) >= 11 is 0. The Labute approximate surface area is 196 Å². The Balaban J connectivity index is 1.59. The molecule has 3 aromatic heterocycles. The predicted octanol–water partition coefficient (Wildman–Crippen LogP) is 3.20. The number of nitrogen functional groups attached to an aromatic ring is 1. The van der Waals surface area contributed by atoms with Crippen molar-refractivity contribution in [2.24, 2.45) is 0 Å². The SMILES string of the molecule is C[C@@H](Nc1ncnc2c1cc(N1CCOCCC1=O)c1nncn12)c1cc(N)cc(C(F)(F)F)c1. The number of hydrogen-bond acceptors (Lipinski definition) is 8. The highest BCUT2D eigenvalue weighted by molar-refractivity contribution is 6.01. The quantitative estimate of drug-likeness (QED) is 0.422. The molecule has 0 unspecified atom stereocenters. The van der Waals surface area contributed by atoms with Crippen LogP contribution in [0.25, 0.3) is 16.7 Å². The molecule has 0 saturated carbocycles. The highest BCUT2D eigenvalue weighted by atomic mass is 19.4. The minimum absolute atomic E-state index is 0.00593. The molecule has 13 heteroatoms. The van der Waals surface area contributed by atoms with Crippen molar-refractivity contribution >= 4 is 39.8 Å². The van der Waals surface area contributed by atoms with E-state index in [1.54, 1.807) is 22.3 Å². The van der Waals surface area contributed by atoms with E-state index in [1.807, 2.05) is 0 Å². The summed E-state index contributed by atoms with van der Waals surface area (Å²) in [7, 11) is 0. The van der Waals surface area contributed by atoms with E-state index >= 15 is 0 Å². The van der Waals surface area contributed by atoms with E-state index in [9.17, 15) is 18.0 Å². The van der Waals surface area contributed by atoms with Crippen LogP contribution in [0.1, 0.15) is 30.5 Å². The zero-order valence-corrected chi connectivity index (χ0v) is 18.6. The molecule has 0 spiro atoms. The lowest BCUT2D eigenvalue weighted by Gasteiger charge is -2.22. The molecule has 1 fully saturated rings. The van der Waals surface area contributed by atoms with Gasteiger partial charge in [0.2, 0.25) is 5.91 Å². The number of carbonyl (C=O) groups is 1. The summed E-state index contributed by atoms with van der Waals surface area (Å²) in [6, 6.07) is 4.59. The first-order chi connectivity index (χ1) is 16.7. The summed E-state index contributed by atoms with van der Waals surface area (Å²) in [6.07, 6.45) is -1.48. The summed E-state index contributed by atoms with van der Waals surface area (Å²) in [5.41, 5.74) is 6.68. The van der Waals surface area contributed by atoms with Gasteiger partial charge in [0.25, 0.3) is 0 Å². The first-order valence-corrected chi connectivity index (χ1v) is 10.8. The van der Waals surface area contributed by atoms with Crippen molar-refractivity contribution in [1.82, 2.24) is 24.6 Å². The number of rotatable bonds is 4. The van der Waals surface area contributed by atoms with Crippen molar-refractivity contribution in [2.75, 3.05) is 35.7 Å². The standard InChI is InChI=1S/C22H21F3N8O2/c1-12(13-6-14(22(23,24)25)8-15(26)7-13)30-19-16-9-17(32-3-5-35-4-2-18(32)34)21-31-29-11-33(21)20(16)28-10-27-19/h6-12H,2-5,26H2,1H3,(H,27,28,30)/t12-/m1/s1. The van der Waals surface area contributed by atoms with E-state index in [4.69, 9.17) is 10.5 Å². The number of fused-ring (bicyclic) bond motifs is 3. The van der Waals surface area contributed by atoms with E-state index in [1.165, 1.54) is 18.7 Å². The van der Waals surface area contributed by atoms with Crippen molar-refractivity contribution in [3.63, 3.8) is 0 Å². The number of carbonyl (C=O) groups excluding carboxylic acids is 1. The molecule has 4 aromatic rings. The first kappa shape index (κ1) is 22.8. The van der Waals surface area contributed by atoms with Crippen LogP contribution in [0, 0.1) is 0 Å². The smallest absolute Gasteiger partial charge is 0.399 e. The zero-order valence-electron chi connectivity index (χ0n) is 18.6. The molecule has 1 aliphatic rings. The molecule has 1 saturated heterocycles. The molecule has 0 radical (unpaired) electrons. The number of alkyl halides is 3. The minimum atomic E-state index is -4.52. The van der Waals surface area contributed by atoms with Crippen LogP contribution in [0.3, 0.4) is 0 Å². The molecule has 182 valence electrons. The molecule has 1 amide bonds. The van der Waals surface area contributed by atoms with Gasteiger partial charge in [-0.2, -0.15) is 13.2 Å². The van der Waals surface area contributed by atoms with Gasteiger partial charge in [-0.1, -0.05) is 0 Å². The number of ether oxygens (including phenoxy) is 1. The van der Waals surface area contributed by atoms with Crippen LogP contribution in [0.4, 0.5) is 30.4 Å². The van der Waals surface area contributed by atoms with Crippen LogP contribution >= 0.6 is 0 Å². The summed E-state index contributed by atoms with van der Waals surface area (Å²) < 4.78 is 47.0. The molecular weight excluding hydrogens is 465 g/mol. The maximum Gasteiger partial charge on any atom is 0.416 e. The van der Waals surface area contributed by atoms with Crippen LogP contribution in [0.15, 0.2) is 36.9 Å². The van der Waals surface area contributed by atoms with Gasteiger partial charge in [0.1, 0.15) is 18.5 Å². The zero-order chi connectivity index (χ0) is 24.7. The summed E-state index contributed by atoms with van der Waals surface area (Å²) in [4.78, 5) is 23.0. The molecule has 0 bridgehead atoms. The number of anilines is 3. The third-order valence-corrected chi connectivity index (χ3v) is 5.82. The lowest BCUT2D eigenvalue weighted by atomic mass is 10.0. The lowest BCUT2D eigenvalue weighted by Crippen LogP contribution is -2.32. The third-order valence-electron chi connectivity index (χ3n) is 5.82. The Morgan fingerprint density at radius 3 is 2.77 bits per heavy atom. The average molecular weight is 486 g/mol. The second-order valence-electron chi connectivity index (χ2n) is 8.17. The van der Waals surface area contributed by atoms with Crippen LogP contribution in [-0.4, -0.2) is 50.2 Å². The first-order valence-electron chi connectivity index (χ1n) is 10.8. The normalized spacial score (nSPS) is 16.0. The van der Waals surface area contributed by atoms with Gasteiger partial charge in [0.05, 0.1) is 42.3 Å². The van der Waals surface area contributed by atoms with Crippen molar-refractivity contribution in [2.45, 2.75) is 25.6 Å². The van der Waals surface area contributed by atoms with E-state index in [2.05, 4.69) is 25.5 Å². The molecular formula is C22H21F3N8O2. The van der Waals surface area contributed by atoms with Crippen LogP contribution in [-0.2, 0) is 15.7 Å². The number of halogens is 3. The van der Waals surface area contributed by atoms with Gasteiger partial charge >= 0.3 is 6.18 Å². The Morgan fingerprint density at radius 2 is 1.97 bits per heavy atom. The lowest BCUT2D eigenvalue weighted by molar-refractivity contribution is -0.137. The molecule has 5 rings (SSSR count). The van der Waals surface area contributed by atoms with Gasteiger partial charge in [-0.15, -0.1) is 10.2 Å². The molecule has 1 atom stereocenters. The molecule has 0 aliphatic carbocycles. The monoisotopic (exact) mass is 486 g/mol. The summed E-state index contributed by atoms with van der Waals surface area (Å²) in [6.45, 7) is 2.74. The van der Waals surface area contributed by atoms with Crippen molar-refractivity contribution in [3.8, 4) is 0 Å². The van der Waals surface area contributed by atoms with E-state index < -0.39 is 17.8 Å². The summed E-state index contributed by atoms with van der Waals surface area (Å²) in [5.74, 6) is 0.250. The predicted molar refractivity (Wildman–Crippen MR) is 122 cm³/mol. The highest BCUT2D eigenvalue weighted by Gasteiger charge is 2.31. The van der Waals surface area contributed by atoms with Gasteiger partial charge in [0.15, 0.2) is 11.3 Å². The van der Waals surface area contributed by atoms with E-state index in [0.717, 1.165) is 12.1 Å². The Morgan fingerprint density at radius 1 is 1.14 bits per heavy atom. The van der Waals surface area contributed by atoms with Crippen molar-refractivity contribution in [1.29, 1.82) is 0 Å². The number of pyridine rings is 1. The van der Waals surface area contributed by atoms with Crippen LogP contribution in [0.2, 0.25) is 0 Å². The fourth-order valence-electron chi connectivity index (χ4n) is 4.10. The molecule has 35 heavy (non-hydrogen) atoms. The number of nitrogens with zero attached hydrogens (tertiary/aromatic N) is 6. The van der Waals surface area contributed by atoms with Gasteiger partial charge in [-0.25, -0.2) is 9.97 Å². The number of benzene rings is 1. The second-order valence-corrected chi connectivity index (χ2v) is 8.17. The number of aromatic nitrogens is 5. The van der Waals surface area contributed by atoms with Crippen LogP contribution < -0.4 is 16.0 Å². The van der Waals surface area contributed by atoms with Crippen molar-refractivity contribution < 1.29 is 22.7 Å². The molecule has 1 aliphatic heterocycles. The second kappa shape index (κ2) is 8.65. The van der Waals surface area contributed by atoms with Gasteiger partial charge in [-0.05, 0) is 36.8 Å². The van der Waals surface area contributed by atoms with Gasteiger partial charge < -0.3 is 20.7 Å². The van der Waals surface area contributed by atoms with Crippen LogP contribution in [0.5, 0.6) is 0 Å². The maximum absolute atomic E-state index is 13.3. The average Bonchev–Trinajstić information content (AvgIpc) is 3.21. The Hall–Kier alpha value is -4.00. The number of amides is 1. The highest BCUT2D eigenvalue weighted by Crippen LogP contribution is 2.35. The number of nitrogens with one attached hydrogen (secondary N) is 1. The molecule has 3 N–H and O–H groups in total. The fraction of sp³-hybridized carbons (Fsp3) is 0.318. The van der Waals surface area contributed by atoms with Crippen molar-refractivity contribution in [3.05, 3.63) is 48.0 Å². The molecule has 10 nitrogen and oxygen atoms in total. The summed E-state index contributed by atoms with van der Waals surface area (Å²) in [5, 5.41) is 11.8. The Kier molecular flexibility index (Phi) is 5.63.